The van der Waals surface area contributed by atoms with Gasteiger partial charge in [-0.25, -0.2) is 0 Å². The van der Waals surface area contributed by atoms with E-state index in [-0.39, 0.29) is 29.5 Å². The fourth-order valence-corrected chi connectivity index (χ4v) is 1.74. The quantitative estimate of drug-likeness (QED) is 0.498. The van der Waals surface area contributed by atoms with Gasteiger partial charge in [0.15, 0.2) is 0 Å². The van der Waals surface area contributed by atoms with E-state index in [4.69, 9.17) is 0 Å². The van der Waals surface area contributed by atoms with E-state index in [2.05, 4.69) is 10.3 Å². The number of carbonyl (C=O) groups excluding carboxylic acids is 1. The number of aromatic hydroxyl groups is 1. The molecule has 0 spiro atoms. The average Bonchev–Trinajstić information content (AvgIpc) is 2.48. The van der Waals surface area contributed by atoms with Crippen LogP contribution in [0, 0.1) is 10.1 Å². The van der Waals surface area contributed by atoms with E-state index in [0.717, 1.165) is 11.8 Å². The van der Waals surface area contributed by atoms with Crippen LogP contribution in [-0.2, 0) is 11.2 Å². The molecule has 2 rings (SSSR count). The SMILES string of the molecule is O=C(CCc1ccccn1)Nc1cc([N+](=O)[O-])ccc1O. The summed E-state index contributed by atoms with van der Waals surface area (Å²) in [5, 5.41) is 22.7. The maximum absolute atomic E-state index is 11.8. The van der Waals surface area contributed by atoms with Gasteiger partial charge in [0.25, 0.3) is 5.69 Å². The summed E-state index contributed by atoms with van der Waals surface area (Å²) in [5.74, 6) is -0.566. The Morgan fingerprint density at radius 1 is 1.33 bits per heavy atom. The highest BCUT2D eigenvalue weighted by Gasteiger charge is 2.12. The Kier molecular flexibility index (Phi) is 4.45. The fourth-order valence-electron chi connectivity index (χ4n) is 1.74. The summed E-state index contributed by atoms with van der Waals surface area (Å²) in [7, 11) is 0. The topological polar surface area (TPSA) is 105 Å². The van der Waals surface area contributed by atoms with Crippen molar-refractivity contribution in [2.24, 2.45) is 0 Å². The zero-order chi connectivity index (χ0) is 15.2. The zero-order valence-corrected chi connectivity index (χ0v) is 11.0. The summed E-state index contributed by atoms with van der Waals surface area (Å²) >= 11 is 0. The first-order chi connectivity index (χ1) is 10.1. The van der Waals surface area contributed by atoms with Crippen LogP contribution in [0.3, 0.4) is 0 Å². The van der Waals surface area contributed by atoms with Crippen LogP contribution < -0.4 is 5.32 Å². The zero-order valence-electron chi connectivity index (χ0n) is 11.0. The van der Waals surface area contributed by atoms with Gasteiger partial charge in [0.05, 0.1) is 10.6 Å². The average molecular weight is 287 g/mol. The van der Waals surface area contributed by atoms with Crippen LogP contribution in [0.4, 0.5) is 11.4 Å². The summed E-state index contributed by atoms with van der Waals surface area (Å²) in [6.45, 7) is 0. The van der Waals surface area contributed by atoms with Crippen molar-refractivity contribution in [2.75, 3.05) is 5.32 Å². The number of hydrogen-bond acceptors (Lipinski definition) is 5. The molecule has 7 nitrogen and oxygen atoms in total. The predicted molar refractivity (Wildman–Crippen MR) is 75.9 cm³/mol. The standard InChI is InChI=1S/C14H13N3O4/c18-13-6-5-11(17(20)21)9-12(13)16-14(19)7-4-10-3-1-2-8-15-10/h1-3,5-6,8-9,18H,4,7H2,(H,16,19). The van der Waals surface area contributed by atoms with Crippen LogP contribution in [-0.4, -0.2) is 20.9 Å². The molecule has 2 N–H and O–H groups in total. The second-order valence-corrected chi connectivity index (χ2v) is 4.33. The van der Waals surface area contributed by atoms with Gasteiger partial charge in [0.1, 0.15) is 5.75 Å². The molecule has 0 atom stereocenters. The monoisotopic (exact) mass is 287 g/mol. The van der Waals surface area contributed by atoms with Gasteiger partial charge >= 0.3 is 0 Å². The molecule has 0 bridgehead atoms. The number of benzene rings is 1. The summed E-state index contributed by atoms with van der Waals surface area (Å²) in [4.78, 5) is 26.0. The molecule has 0 aliphatic carbocycles. The van der Waals surface area contributed by atoms with Gasteiger partial charge in [-0.05, 0) is 24.6 Å². The smallest absolute Gasteiger partial charge is 0.271 e. The number of phenolic OH excluding ortho intramolecular Hbond substituents is 1. The Balaban J connectivity index is 1.99. The molecule has 0 aliphatic rings. The minimum Gasteiger partial charge on any atom is -0.506 e. The van der Waals surface area contributed by atoms with E-state index in [1.54, 1.807) is 18.3 Å². The number of carbonyl (C=O) groups is 1. The third-order valence-corrected chi connectivity index (χ3v) is 2.80. The largest absolute Gasteiger partial charge is 0.506 e. The predicted octanol–water partition coefficient (Wildman–Crippen LogP) is 2.27. The highest BCUT2D eigenvalue weighted by atomic mass is 16.6. The van der Waals surface area contributed by atoms with E-state index in [0.29, 0.717) is 6.42 Å². The number of nitro benzene ring substituents is 1. The van der Waals surface area contributed by atoms with Crippen molar-refractivity contribution in [2.45, 2.75) is 12.8 Å². The van der Waals surface area contributed by atoms with Crippen LogP contribution in [0.5, 0.6) is 5.75 Å². The molecular formula is C14H13N3O4. The Bertz CT molecular complexity index is 659. The third kappa shape index (κ3) is 4.00. The first kappa shape index (κ1) is 14.4. The molecule has 0 saturated carbocycles. The lowest BCUT2D eigenvalue weighted by Gasteiger charge is -2.07. The first-order valence-corrected chi connectivity index (χ1v) is 6.23. The molecule has 0 aliphatic heterocycles. The molecule has 1 aromatic carbocycles. The van der Waals surface area contributed by atoms with E-state index < -0.39 is 4.92 Å². The van der Waals surface area contributed by atoms with Crippen LogP contribution in [0.2, 0.25) is 0 Å². The van der Waals surface area contributed by atoms with Crippen molar-refractivity contribution in [1.29, 1.82) is 0 Å². The lowest BCUT2D eigenvalue weighted by atomic mass is 10.2. The molecule has 1 amide bonds. The van der Waals surface area contributed by atoms with Crippen molar-refractivity contribution >= 4 is 17.3 Å². The van der Waals surface area contributed by atoms with Gasteiger partial charge in [-0.2, -0.15) is 0 Å². The minimum absolute atomic E-state index is 0.0234. The number of aromatic nitrogens is 1. The molecule has 2 aromatic rings. The molecule has 1 heterocycles. The Hall–Kier alpha value is -2.96. The summed E-state index contributed by atoms with van der Waals surface area (Å²) < 4.78 is 0. The number of anilines is 1. The molecule has 7 heteroatoms. The number of phenols is 1. The van der Waals surface area contributed by atoms with Gasteiger partial charge in [-0.15, -0.1) is 0 Å². The lowest BCUT2D eigenvalue weighted by molar-refractivity contribution is -0.384. The first-order valence-electron chi connectivity index (χ1n) is 6.23. The van der Waals surface area contributed by atoms with Gasteiger partial charge < -0.3 is 10.4 Å². The number of nitro groups is 1. The number of nitrogens with zero attached hydrogens (tertiary/aromatic N) is 2. The number of aryl methyl sites for hydroxylation is 1. The van der Waals surface area contributed by atoms with Crippen molar-refractivity contribution in [3.8, 4) is 5.75 Å². The number of non-ortho nitro benzene ring substituents is 1. The van der Waals surface area contributed by atoms with Gasteiger partial charge in [0.2, 0.25) is 5.91 Å². The number of nitrogens with one attached hydrogen (secondary N) is 1. The number of amides is 1. The van der Waals surface area contributed by atoms with E-state index >= 15 is 0 Å². The molecule has 21 heavy (non-hydrogen) atoms. The molecule has 108 valence electrons. The highest BCUT2D eigenvalue weighted by molar-refractivity contribution is 5.92. The lowest BCUT2D eigenvalue weighted by Crippen LogP contribution is -2.13. The van der Waals surface area contributed by atoms with Crippen molar-refractivity contribution < 1.29 is 14.8 Å². The van der Waals surface area contributed by atoms with E-state index in [1.807, 2.05) is 6.07 Å². The number of rotatable bonds is 5. The highest BCUT2D eigenvalue weighted by Crippen LogP contribution is 2.27. The van der Waals surface area contributed by atoms with Gasteiger partial charge in [-0.1, -0.05) is 6.07 Å². The third-order valence-electron chi connectivity index (χ3n) is 2.80. The second-order valence-electron chi connectivity index (χ2n) is 4.33. The normalized spacial score (nSPS) is 10.1. The van der Waals surface area contributed by atoms with Gasteiger partial charge in [-0.3, -0.25) is 19.9 Å². The van der Waals surface area contributed by atoms with Crippen LogP contribution in [0.15, 0.2) is 42.6 Å². The Morgan fingerprint density at radius 2 is 2.14 bits per heavy atom. The second kappa shape index (κ2) is 6.47. The summed E-state index contributed by atoms with van der Waals surface area (Å²) in [6.07, 6.45) is 2.25. The molecule has 1 aromatic heterocycles. The molecular weight excluding hydrogens is 274 g/mol. The van der Waals surface area contributed by atoms with E-state index in [1.165, 1.54) is 12.1 Å². The molecule has 0 radical (unpaired) electrons. The van der Waals surface area contributed by atoms with Crippen molar-refractivity contribution in [3.63, 3.8) is 0 Å². The summed E-state index contributed by atoms with van der Waals surface area (Å²) in [6, 6.07) is 8.87. The minimum atomic E-state index is -0.594. The Morgan fingerprint density at radius 3 is 2.81 bits per heavy atom. The maximum Gasteiger partial charge on any atom is 0.271 e. The number of hydrogen-bond donors (Lipinski definition) is 2. The molecule has 0 fully saturated rings. The fraction of sp³-hybridized carbons (Fsp3) is 0.143. The van der Waals surface area contributed by atoms with Crippen LogP contribution in [0.1, 0.15) is 12.1 Å². The van der Waals surface area contributed by atoms with Crippen LogP contribution in [0.25, 0.3) is 0 Å². The Labute approximate surface area is 120 Å². The number of pyridine rings is 1. The summed E-state index contributed by atoms with van der Waals surface area (Å²) in [5.41, 5.74) is 0.596. The van der Waals surface area contributed by atoms with Crippen LogP contribution >= 0.6 is 0 Å². The van der Waals surface area contributed by atoms with Gasteiger partial charge in [0, 0.05) is 30.4 Å². The maximum atomic E-state index is 11.8. The molecule has 0 unspecified atom stereocenters. The molecule has 0 saturated heterocycles. The van der Waals surface area contributed by atoms with Crippen molar-refractivity contribution in [3.05, 3.63) is 58.4 Å². The van der Waals surface area contributed by atoms with E-state index in [9.17, 15) is 20.0 Å². The van der Waals surface area contributed by atoms with Crippen molar-refractivity contribution in [1.82, 2.24) is 4.98 Å².